The zero-order chi connectivity index (χ0) is 11.8. The van der Waals surface area contributed by atoms with Gasteiger partial charge in [-0.25, -0.2) is 19.3 Å². The number of nitrogens with zero attached hydrogens (tertiary/aromatic N) is 3. The van der Waals surface area contributed by atoms with E-state index in [0.29, 0.717) is 22.6 Å². The molecule has 1 N–H and O–H groups in total. The summed E-state index contributed by atoms with van der Waals surface area (Å²) in [6, 6.07) is 4.76. The minimum atomic E-state index is -0.499. The van der Waals surface area contributed by atoms with Crippen molar-refractivity contribution in [3.63, 3.8) is 0 Å². The minimum absolute atomic E-state index is 0.0639. The molecule has 0 fully saturated rings. The maximum absolute atomic E-state index is 13.8. The standard InChI is InChI=1S/C11H6ClFN4/c12-7-3-1-2-6(9(7)13)10-16-8-4-14-5-15-11(8)17-10/h1-5H,(H,14,15,16,17). The van der Waals surface area contributed by atoms with Gasteiger partial charge in [0.1, 0.15) is 17.7 Å². The van der Waals surface area contributed by atoms with Crippen molar-refractivity contribution in [2.24, 2.45) is 0 Å². The Hall–Kier alpha value is -2.01. The van der Waals surface area contributed by atoms with Crippen LogP contribution in [0.4, 0.5) is 4.39 Å². The topological polar surface area (TPSA) is 54.5 Å². The Kier molecular flexibility index (Phi) is 2.26. The number of hydrogen-bond donors (Lipinski definition) is 1. The third-order valence-electron chi connectivity index (χ3n) is 2.37. The molecule has 3 aromatic rings. The van der Waals surface area contributed by atoms with E-state index in [1.54, 1.807) is 18.3 Å². The van der Waals surface area contributed by atoms with Gasteiger partial charge >= 0.3 is 0 Å². The Morgan fingerprint density at radius 3 is 3.00 bits per heavy atom. The third-order valence-corrected chi connectivity index (χ3v) is 2.66. The lowest BCUT2D eigenvalue weighted by molar-refractivity contribution is 0.630. The van der Waals surface area contributed by atoms with Crippen molar-refractivity contribution in [3.05, 3.63) is 41.6 Å². The molecule has 0 saturated carbocycles. The van der Waals surface area contributed by atoms with E-state index < -0.39 is 5.82 Å². The molecular formula is C11H6ClFN4. The smallest absolute Gasteiger partial charge is 0.181 e. The molecule has 84 valence electrons. The number of benzene rings is 1. The van der Waals surface area contributed by atoms with Gasteiger partial charge in [-0.3, -0.25) is 0 Å². The molecule has 0 amide bonds. The van der Waals surface area contributed by atoms with E-state index in [0.717, 1.165) is 0 Å². The van der Waals surface area contributed by atoms with Crippen LogP contribution in [-0.4, -0.2) is 19.9 Å². The Bertz CT molecular complexity index is 662. The summed E-state index contributed by atoms with van der Waals surface area (Å²) >= 11 is 5.72. The van der Waals surface area contributed by atoms with Gasteiger partial charge in [0.25, 0.3) is 0 Å². The summed E-state index contributed by atoms with van der Waals surface area (Å²) in [6.45, 7) is 0. The predicted octanol–water partition coefficient (Wildman–Crippen LogP) is 2.81. The van der Waals surface area contributed by atoms with Gasteiger partial charge in [-0.2, -0.15) is 0 Å². The van der Waals surface area contributed by atoms with E-state index >= 15 is 0 Å². The van der Waals surface area contributed by atoms with Crippen LogP contribution in [0.3, 0.4) is 0 Å². The number of aromatic amines is 1. The zero-order valence-electron chi connectivity index (χ0n) is 8.48. The first-order valence-electron chi connectivity index (χ1n) is 4.86. The summed E-state index contributed by atoms with van der Waals surface area (Å²) in [4.78, 5) is 15.0. The van der Waals surface area contributed by atoms with Crippen LogP contribution in [0.25, 0.3) is 22.6 Å². The van der Waals surface area contributed by atoms with E-state index in [2.05, 4.69) is 19.9 Å². The summed E-state index contributed by atoms with van der Waals surface area (Å²) in [6.07, 6.45) is 2.97. The van der Waals surface area contributed by atoms with Crippen LogP contribution in [0.5, 0.6) is 0 Å². The van der Waals surface area contributed by atoms with Gasteiger partial charge in [-0.15, -0.1) is 0 Å². The van der Waals surface area contributed by atoms with E-state index in [4.69, 9.17) is 11.6 Å². The molecule has 0 bridgehead atoms. The molecule has 0 atom stereocenters. The molecule has 17 heavy (non-hydrogen) atoms. The highest BCUT2D eigenvalue weighted by atomic mass is 35.5. The van der Waals surface area contributed by atoms with E-state index in [9.17, 15) is 4.39 Å². The highest BCUT2D eigenvalue weighted by molar-refractivity contribution is 6.31. The summed E-state index contributed by atoms with van der Waals surface area (Å²) < 4.78 is 13.8. The fraction of sp³-hybridized carbons (Fsp3) is 0. The first-order valence-corrected chi connectivity index (χ1v) is 5.23. The van der Waals surface area contributed by atoms with Gasteiger partial charge in [0.05, 0.1) is 16.8 Å². The maximum atomic E-state index is 13.8. The van der Waals surface area contributed by atoms with Gasteiger partial charge < -0.3 is 4.98 Å². The number of H-pyrrole nitrogens is 1. The number of nitrogens with one attached hydrogen (secondary N) is 1. The van der Waals surface area contributed by atoms with Crippen molar-refractivity contribution in [1.82, 2.24) is 19.9 Å². The molecule has 3 rings (SSSR count). The molecule has 0 aliphatic heterocycles. The molecule has 2 aromatic heterocycles. The van der Waals surface area contributed by atoms with Crippen LogP contribution in [0.1, 0.15) is 0 Å². The molecule has 0 saturated heterocycles. The molecule has 1 aromatic carbocycles. The second kappa shape index (κ2) is 3.78. The zero-order valence-corrected chi connectivity index (χ0v) is 9.24. The quantitative estimate of drug-likeness (QED) is 0.720. The van der Waals surface area contributed by atoms with Gasteiger partial charge in [0.2, 0.25) is 0 Å². The second-order valence-electron chi connectivity index (χ2n) is 3.45. The Morgan fingerprint density at radius 2 is 2.18 bits per heavy atom. The van der Waals surface area contributed by atoms with Gasteiger partial charge in [0.15, 0.2) is 11.5 Å². The van der Waals surface area contributed by atoms with Gasteiger partial charge in [0, 0.05) is 0 Å². The van der Waals surface area contributed by atoms with Crippen molar-refractivity contribution < 1.29 is 4.39 Å². The highest BCUT2D eigenvalue weighted by Crippen LogP contribution is 2.26. The fourth-order valence-corrected chi connectivity index (χ4v) is 1.75. The van der Waals surface area contributed by atoms with Crippen LogP contribution in [0.2, 0.25) is 5.02 Å². The number of imidazole rings is 1. The van der Waals surface area contributed by atoms with E-state index in [1.165, 1.54) is 12.4 Å². The number of rotatable bonds is 1. The second-order valence-corrected chi connectivity index (χ2v) is 3.85. The molecule has 0 aliphatic carbocycles. The van der Waals surface area contributed by atoms with Crippen LogP contribution in [0, 0.1) is 5.82 Å². The van der Waals surface area contributed by atoms with Crippen LogP contribution in [0.15, 0.2) is 30.7 Å². The molecule has 0 aliphatic rings. The summed E-state index contributed by atoms with van der Waals surface area (Å²) in [5.74, 6) is -0.110. The third kappa shape index (κ3) is 1.64. The normalized spacial score (nSPS) is 10.9. The monoisotopic (exact) mass is 248 g/mol. The fourth-order valence-electron chi connectivity index (χ4n) is 1.58. The molecule has 2 heterocycles. The largest absolute Gasteiger partial charge is 0.335 e. The average molecular weight is 249 g/mol. The molecule has 6 heteroatoms. The summed E-state index contributed by atoms with van der Waals surface area (Å²) in [5.41, 5.74) is 1.46. The van der Waals surface area contributed by atoms with Crippen molar-refractivity contribution >= 4 is 22.8 Å². The first kappa shape index (κ1) is 10.2. The lowest BCUT2D eigenvalue weighted by atomic mass is 10.2. The van der Waals surface area contributed by atoms with E-state index in [-0.39, 0.29) is 5.02 Å². The highest BCUT2D eigenvalue weighted by Gasteiger charge is 2.12. The van der Waals surface area contributed by atoms with Crippen molar-refractivity contribution in [2.75, 3.05) is 0 Å². The summed E-state index contributed by atoms with van der Waals surface area (Å²) in [7, 11) is 0. The summed E-state index contributed by atoms with van der Waals surface area (Å²) in [5, 5.41) is 0.0639. The van der Waals surface area contributed by atoms with Gasteiger partial charge in [-0.05, 0) is 12.1 Å². The first-order chi connectivity index (χ1) is 8.25. The minimum Gasteiger partial charge on any atom is -0.335 e. The molecule has 0 unspecified atom stereocenters. The predicted molar refractivity (Wildman–Crippen MR) is 62.1 cm³/mol. The number of fused-ring (bicyclic) bond motifs is 1. The van der Waals surface area contributed by atoms with Crippen molar-refractivity contribution in [3.8, 4) is 11.4 Å². The maximum Gasteiger partial charge on any atom is 0.181 e. The van der Waals surface area contributed by atoms with E-state index in [1.807, 2.05) is 0 Å². The molecule has 0 spiro atoms. The number of aromatic nitrogens is 4. The lowest BCUT2D eigenvalue weighted by Crippen LogP contribution is -1.87. The SMILES string of the molecule is Fc1c(Cl)cccc1-c1nc2ncncc2[nH]1. The van der Waals surface area contributed by atoms with Crippen molar-refractivity contribution in [1.29, 1.82) is 0 Å². The lowest BCUT2D eigenvalue weighted by Gasteiger charge is -1.99. The number of hydrogen-bond acceptors (Lipinski definition) is 3. The Morgan fingerprint density at radius 1 is 1.29 bits per heavy atom. The van der Waals surface area contributed by atoms with Gasteiger partial charge in [-0.1, -0.05) is 17.7 Å². The Balaban J connectivity index is 2.24. The van der Waals surface area contributed by atoms with Crippen LogP contribution >= 0.6 is 11.6 Å². The molecule has 4 nitrogen and oxygen atoms in total. The van der Waals surface area contributed by atoms with Crippen LogP contribution in [-0.2, 0) is 0 Å². The molecular weight excluding hydrogens is 243 g/mol. The van der Waals surface area contributed by atoms with Crippen LogP contribution < -0.4 is 0 Å². The Labute approximate surface area is 101 Å². The number of halogens is 2. The van der Waals surface area contributed by atoms with Crippen molar-refractivity contribution in [2.45, 2.75) is 0 Å². The molecule has 0 radical (unpaired) electrons. The average Bonchev–Trinajstić information content (AvgIpc) is 2.76.